The van der Waals surface area contributed by atoms with Crippen molar-refractivity contribution >= 4 is 27.5 Å². The van der Waals surface area contributed by atoms with Gasteiger partial charge in [0, 0.05) is 49.7 Å². The van der Waals surface area contributed by atoms with Crippen molar-refractivity contribution in [1.82, 2.24) is 19.5 Å². The molecule has 11 aromatic rings. The zero-order chi connectivity index (χ0) is 46.8. The largest absolute Gasteiger partial charge is 0.308 e. The highest BCUT2D eigenvalue weighted by molar-refractivity contribution is 6.13. The fraction of sp³-hybridized carbons (Fsp3) is 0. The molecule has 0 fully saturated rings. The van der Waals surface area contributed by atoms with Crippen molar-refractivity contribution < 1.29 is 0 Å². The van der Waals surface area contributed by atoms with Gasteiger partial charge in [-0.15, -0.1) is 0 Å². The Balaban J connectivity index is 1.29. The fourth-order valence-corrected chi connectivity index (χ4v) is 9.23. The van der Waals surface area contributed by atoms with E-state index in [0.29, 0.717) is 67.7 Å². The molecule has 318 valence electrons. The number of rotatable bonds is 8. The van der Waals surface area contributed by atoms with E-state index in [1.54, 1.807) is 0 Å². The lowest BCUT2D eigenvalue weighted by Crippen LogP contribution is -2.05. The summed E-state index contributed by atoms with van der Waals surface area (Å²) in [4.78, 5) is 19.1. The first kappa shape index (κ1) is 41.5. The van der Waals surface area contributed by atoms with E-state index in [4.69, 9.17) is 21.5 Å². The van der Waals surface area contributed by atoms with Crippen LogP contribution in [0.3, 0.4) is 0 Å². The molecule has 0 saturated carbocycles. The van der Waals surface area contributed by atoms with Crippen LogP contribution in [0.4, 0.5) is 5.69 Å². The molecule has 0 saturated heterocycles. The summed E-state index contributed by atoms with van der Waals surface area (Å²) in [7, 11) is 0. The second-order valence-electron chi connectivity index (χ2n) is 16.4. The van der Waals surface area contributed by atoms with E-state index < -0.39 is 0 Å². The van der Waals surface area contributed by atoms with Crippen LogP contribution in [0, 0.1) is 40.6 Å². The lowest BCUT2D eigenvalue weighted by atomic mass is 9.89. The Kier molecular flexibility index (Phi) is 10.6. The summed E-state index contributed by atoms with van der Waals surface area (Å²) < 4.78 is 2.21. The Labute approximate surface area is 398 Å². The number of hydrogen-bond donors (Lipinski definition) is 0. The minimum Gasteiger partial charge on any atom is -0.308 e. The summed E-state index contributed by atoms with van der Waals surface area (Å²) in [6, 6.07) is 73.7. The summed E-state index contributed by atoms with van der Waals surface area (Å²) in [5.74, 6) is 1.40. The topological polar surface area (TPSA) is 119 Å². The van der Waals surface area contributed by atoms with Crippen molar-refractivity contribution in [2.24, 2.45) is 0 Å². The van der Waals surface area contributed by atoms with Crippen molar-refractivity contribution in [2.75, 3.05) is 0 Å². The Bertz CT molecular complexity index is 3760. The van der Waals surface area contributed by atoms with Gasteiger partial charge >= 0.3 is 0 Å². The molecular formula is C61H34N8. The Morgan fingerprint density at radius 2 is 0.754 bits per heavy atom. The average Bonchev–Trinajstić information content (AvgIpc) is 3.75. The standard InChI is InChI=1S/C61H34N8/c1-65-55-27-15-14-26-50(55)42-29-31-57-52(33-42)51-32-41(47-23-11-8-20-43(47)36-62)28-30-56(51)69(57)58-53(48-24-12-9-21-44(48)37-63)34-46(35-54(58)49-25-13-10-22-45(49)38-64)61-67-59(39-16-4-2-5-17-39)66-60(68-61)40-18-6-3-7-19-40/h2-35H. The molecule has 0 aliphatic heterocycles. The van der Waals surface area contributed by atoms with Crippen LogP contribution in [-0.2, 0) is 0 Å². The zero-order valence-electron chi connectivity index (χ0n) is 36.7. The first-order valence-electron chi connectivity index (χ1n) is 22.1. The van der Waals surface area contributed by atoms with E-state index in [9.17, 15) is 15.8 Å². The molecule has 0 unspecified atom stereocenters. The maximum absolute atomic E-state index is 10.8. The van der Waals surface area contributed by atoms with Gasteiger partial charge in [0.1, 0.15) is 0 Å². The molecule has 9 aromatic carbocycles. The fourth-order valence-electron chi connectivity index (χ4n) is 9.23. The van der Waals surface area contributed by atoms with Crippen LogP contribution < -0.4 is 0 Å². The van der Waals surface area contributed by atoms with E-state index >= 15 is 0 Å². The highest BCUT2D eigenvalue weighted by Gasteiger charge is 2.26. The summed E-state index contributed by atoms with van der Waals surface area (Å²) in [5, 5.41) is 33.6. The van der Waals surface area contributed by atoms with Crippen LogP contribution in [0.15, 0.2) is 206 Å². The summed E-state index contributed by atoms with van der Waals surface area (Å²) >= 11 is 0. The summed E-state index contributed by atoms with van der Waals surface area (Å²) in [5.41, 5.74) is 12.8. The van der Waals surface area contributed by atoms with Crippen molar-refractivity contribution in [2.45, 2.75) is 0 Å². The molecule has 0 amide bonds. The van der Waals surface area contributed by atoms with Gasteiger partial charge in [-0.05, 0) is 76.9 Å². The Morgan fingerprint density at radius 3 is 1.23 bits per heavy atom. The molecule has 0 N–H and O–H groups in total. The molecule has 11 rings (SSSR count). The number of aromatic nitrogens is 4. The van der Waals surface area contributed by atoms with Gasteiger partial charge in [-0.2, -0.15) is 15.8 Å². The predicted octanol–water partition coefficient (Wildman–Crippen LogP) is 14.8. The molecule has 0 bridgehead atoms. The third-order valence-electron chi connectivity index (χ3n) is 12.4. The molecule has 0 aliphatic rings. The van der Waals surface area contributed by atoms with Gasteiger partial charge in [-0.1, -0.05) is 152 Å². The number of fused-ring (bicyclic) bond motifs is 3. The van der Waals surface area contributed by atoms with Crippen molar-refractivity contribution in [3.63, 3.8) is 0 Å². The normalized spacial score (nSPS) is 10.8. The van der Waals surface area contributed by atoms with Gasteiger partial charge in [0.25, 0.3) is 0 Å². The summed E-state index contributed by atoms with van der Waals surface area (Å²) in [6.07, 6.45) is 0. The van der Waals surface area contributed by atoms with Gasteiger partial charge in [-0.25, -0.2) is 19.8 Å². The molecule has 0 radical (unpaired) electrons. The maximum atomic E-state index is 10.8. The third-order valence-corrected chi connectivity index (χ3v) is 12.4. The molecular weight excluding hydrogens is 845 g/mol. The molecule has 0 spiro atoms. The third kappa shape index (κ3) is 7.40. The van der Waals surface area contributed by atoms with E-state index in [0.717, 1.165) is 60.9 Å². The molecule has 0 atom stereocenters. The molecule has 0 aliphatic carbocycles. The maximum Gasteiger partial charge on any atom is 0.194 e. The number of nitrogens with zero attached hydrogens (tertiary/aromatic N) is 8. The van der Waals surface area contributed by atoms with Crippen molar-refractivity contribution in [3.8, 4) is 103 Å². The average molecular weight is 879 g/mol. The quantitative estimate of drug-likeness (QED) is 0.140. The molecule has 2 heterocycles. The van der Waals surface area contributed by atoms with Crippen molar-refractivity contribution in [3.05, 3.63) is 234 Å². The number of hydrogen-bond acceptors (Lipinski definition) is 6. The van der Waals surface area contributed by atoms with Crippen LogP contribution in [0.2, 0.25) is 0 Å². The van der Waals surface area contributed by atoms with E-state index in [2.05, 4.69) is 51.9 Å². The van der Waals surface area contributed by atoms with E-state index in [1.165, 1.54) is 0 Å². The molecule has 8 nitrogen and oxygen atoms in total. The first-order valence-corrected chi connectivity index (χ1v) is 22.1. The van der Waals surface area contributed by atoms with Crippen LogP contribution in [0.25, 0.3) is 111 Å². The predicted molar refractivity (Wildman–Crippen MR) is 273 cm³/mol. The molecule has 8 heteroatoms. The second-order valence-corrected chi connectivity index (χ2v) is 16.4. The minimum atomic E-state index is 0.409. The molecule has 69 heavy (non-hydrogen) atoms. The highest BCUT2D eigenvalue weighted by atomic mass is 15.0. The van der Waals surface area contributed by atoms with Gasteiger partial charge in [0.15, 0.2) is 23.2 Å². The lowest BCUT2D eigenvalue weighted by molar-refractivity contribution is 1.07. The van der Waals surface area contributed by atoms with Gasteiger partial charge in [-0.3, -0.25) is 0 Å². The van der Waals surface area contributed by atoms with Crippen LogP contribution in [0.1, 0.15) is 16.7 Å². The smallest absolute Gasteiger partial charge is 0.194 e. The lowest BCUT2D eigenvalue weighted by Gasteiger charge is -2.22. The van der Waals surface area contributed by atoms with Crippen LogP contribution in [-0.4, -0.2) is 19.5 Å². The van der Waals surface area contributed by atoms with Crippen LogP contribution >= 0.6 is 0 Å². The van der Waals surface area contributed by atoms with Crippen LogP contribution in [0.5, 0.6) is 0 Å². The summed E-state index contributed by atoms with van der Waals surface area (Å²) in [6.45, 7) is 8.01. The van der Waals surface area contributed by atoms with E-state index in [1.807, 2.05) is 182 Å². The van der Waals surface area contributed by atoms with E-state index in [-0.39, 0.29) is 0 Å². The van der Waals surface area contributed by atoms with Gasteiger partial charge in [0.05, 0.1) is 58.2 Å². The highest BCUT2D eigenvalue weighted by Crippen LogP contribution is 2.47. The second kappa shape index (κ2) is 17.6. The van der Waals surface area contributed by atoms with Gasteiger partial charge < -0.3 is 4.57 Å². The Hall–Kier alpha value is -10.3. The SMILES string of the molecule is [C-]#[N+]c1ccccc1-c1ccc2c(c1)c1cc(-c3ccccc3C#N)ccc1n2-c1c(-c2ccccc2C#N)cc(-c2nc(-c3ccccc3)nc(-c3ccccc3)n2)cc1-c1ccccc1C#N. The molecule has 2 aromatic heterocycles. The number of benzene rings is 9. The van der Waals surface area contributed by atoms with Gasteiger partial charge in [0.2, 0.25) is 0 Å². The first-order chi connectivity index (χ1) is 34.0. The monoisotopic (exact) mass is 878 g/mol. The minimum absolute atomic E-state index is 0.409. The van der Waals surface area contributed by atoms with Crippen molar-refractivity contribution in [1.29, 1.82) is 15.8 Å². The number of para-hydroxylation sites is 1. The zero-order valence-corrected chi connectivity index (χ0v) is 36.7. The number of nitriles is 3. The Morgan fingerprint density at radius 1 is 0.362 bits per heavy atom.